The zero-order chi connectivity index (χ0) is 88.5. The van der Waals surface area contributed by atoms with E-state index in [4.69, 9.17) is 25.9 Å². The molecule has 14 aromatic rings. The Hall–Kier alpha value is -11.5. The van der Waals surface area contributed by atoms with Crippen LogP contribution in [0.25, 0.3) is 101 Å². The maximum Gasteiger partial charge on any atom is 0.252 e. The highest BCUT2D eigenvalue weighted by atomic mass is 15.2. The van der Waals surface area contributed by atoms with Gasteiger partial charge in [-0.25, -0.2) is 15.0 Å². The van der Waals surface area contributed by atoms with Crippen molar-refractivity contribution in [2.24, 2.45) is 0 Å². The minimum Gasteiger partial charge on any atom is -0.310 e. The van der Waals surface area contributed by atoms with Crippen LogP contribution < -0.4 is 26.2 Å². The molecule has 0 fully saturated rings. The second kappa shape index (κ2) is 25.9. The molecule has 3 heterocycles. The average Bonchev–Trinajstić information content (AvgIpc) is 0.662. The van der Waals surface area contributed by atoms with E-state index >= 15 is 0 Å². The molecule has 0 amide bonds. The highest BCUT2D eigenvalue weighted by molar-refractivity contribution is 7.00. The van der Waals surface area contributed by atoms with Crippen molar-refractivity contribution in [1.29, 1.82) is 0 Å². The molecule has 0 atom stereocenters. The Bertz CT molecular complexity index is 6520. The van der Waals surface area contributed by atoms with Gasteiger partial charge in [-0.3, -0.25) is 0 Å². The third kappa shape index (κ3) is 12.5. The molecular weight excluding hydrogens is 1250 g/mol. The van der Waals surface area contributed by atoms with Crippen LogP contribution in [0.3, 0.4) is 0 Å². The van der Waals surface area contributed by atoms with Crippen molar-refractivity contribution >= 4 is 57.2 Å². The first kappa shape index (κ1) is 46.9. The van der Waals surface area contributed by atoms with Gasteiger partial charge in [-0.2, -0.15) is 0 Å². The third-order valence-corrected chi connectivity index (χ3v) is 19.6. The van der Waals surface area contributed by atoms with Crippen LogP contribution in [0.5, 0.6) is 0 Å². The van der Waals surface area contributed by atoms with Crippen molar-refractivity contribution in [2.75, 3.05) is 9.80 Å². The minimum absolute atomic E-state index is 0.0479. The molecule has 2 aliphatic heterocycles. The fourth-order valence-electron chi connectivity index (χ4n) is 14.1. The van der Waals surface area contributed by atoms with Crippen LogP contribution in [0.15, 0.2) is 303 Å². The summed E-state index contributed by atoms with van der Waals surface area (Å²) in [5.41, 5.74) is 11.8. The normalized spacial score (nSPS) is 15.5. The van der Waals surface area contributed by atoms with E-state index < -0.39 is 172 Å². The Morgan fingerprint density at radius 3 is 0.922 bits per heavy atom. The van der Waals surface area contributed by atoms with Crippen LogP contribution in [0.2, 0.25) is 0 Å². The van der Waals surface area contributed by atoms with Gasteiger partial charge in [-0.15, -0.1) is 0 Å². The highest BCUT2D eigenvalue weighted by Crippen LogP contribution is 2.56. The smallest absolute Gasteiger partial charge is 0.252 e. The SMILES string of the molecule is [2H]c1c([2H])c([2H])c(-c2ccc3c(c2)N(c2c(-c4ccccc4)cc(C(C)(C)C)cc2-c2ccccc2)c2cc(-c4cc(C(C)(C)C)cc(C(C)(C)C)c4)cc4c2B3c2ccc(-c3c([2H])c([2H])c([2H])c([2H])c3[2H])cc2N4c2c(-c3ccccc3)cc(C(C)(C)C)cc2-c2nc(-c3c([2H])c([2H])c([2H])c([2H])c3[2H])nc(-c3c([2H])c([2H])c([2H])c([2H])c3[2H])n2)c([2H])c1[2H]. The Morgan fingerprint density at radius 2 is 0.563 bits per heavy atom. The van der Waals surface area contributed by atoms with Gasteiger partial charge >= 0.3 is 0 Å². The summed E-state index contributed by atoms with van der Waals surface area (Å²) in [6, 6.07) is 47.6. The average molecular weight is 1350 g/mol. The lowest BCUT2D eigenvalue weighted by Gasteiger charge is -2.46. The predicted molar refractivity (Wildman–Crippen MR) is 438 cm³/mol. The lowest BCUT2D eigenvalue weighted by Crippen LogP contribution is -2.61. The summed E-state index contributed by atoms with van der Waals surface area (Å²) in [6.45, 7) is 24.6. The molecule has 0 aliphatic carbocycles. The van der Waals surface area contributed by atoms with Crippen molar-refractivity contribution in [1.82, 2.24) is 15.0 Å². The third-order valence-electron chi connectivity index (χ3n) is 19.6. The van der Waals surface area contributed by atoms with Crippen molar-refractivity contribution in [3.63, 3.8) is 0 Å². The van der Waals surface area contributed by atoms with Crippen LogP contribution in [0, 0.1) is 0 Å². The molecule has 6 heteroatoms. The summed E-state index contributed by atoms with van der Waals surface area (Å²) in [5.74, 6) is -1.29. The Morgan fingerprint density at radius 1 is 0.262 bits per heavy atom. The van der Waals surface area contributed by atoms with Gasteiger partial charge < -0.3 is 9.80 Å². The molecule has 103 heavy (non-hydrogen) atoms. The summed E-state index contributed by atoms with van der Waals surface area (Å²) < 4.78 is 186. The Balaban J connectivity index is 1.19. The number of hydrogen-bond acceptors (Lipinski definition) is 5. The number of anilines is 6. The van der Waals surface area contributed by atoms with E-state index in [1.54, 1.807) is 18.2 Å². The number of aromatic nitrogens is 3. The first-order valence-corrected chi connectivity index (χ1v) is 34.7. The van der Waals surface area contributed by atoms with E-state index in [1.165, 1.54) is 0 Å². The lowest BCUT2D eigenvalue weighted by molar-refractivity contribution is 0.569. The largest absolute Gasteiger partial charge is 0.310 e. The van der Waals surface area contributed by atoms with Gasteiger partial charge in [-0.05, 0) is 159 Å². The minimum atomic E-state index is -0.897. The van der Waals surface area contributed by atoms with Crippen molar-refractivity contribution in [3.05, 3.63) is 325 Å². The zero-order valence-electron chi connectivity index (χ0n) is 79.6. The van der Waals surface area contributed by atoms with Gasteiger partial charge in [0.15, 0.2) is 17.5 Å². The molecule has 5 nitrogen and oxygen atoms in total. The topological polar surface area (TPSA) is 45.2 Å². The summed E-state index contributed by atoms with van der Waals surface area (Å²) >= 11 is 0. The van der Waals surface area contributed by atoms with Crippen molar-refractivity contribution in [2.45, 2.75) is 105 Å². The van der Waals surface area contributed by atoms with Crippen LogP contribution in [0.1, 0.15) is 133 Å². The number of rotatable bonds is 11. The van der Waals surface area contributed by atoms with Gasteiger partial charge in [0.1, 0.15) is 0 Å². The number of nitrogens with zero attached hydrogens (tertiary/aromatic N) is 5. The van der Waals surface area contributed by atoms with Crippen LogP contribution in [-0.4, -0.2) is 21.7 Å². The van der Waals surface area contributed by atoms with E-state index in [1.807, 2.05) is 112 Å². The molecule has 0 bridgehead atoms. The lowest BCUT2D eigenvalue weighted by atomic mass is 9.33. The number of hydrogen-bond donors (Lipinski definition) is 0. The molecule has 1 aromatic heterocycles. The monoisotopic (exact) mass is 1350 g/mol. The highest BCUT2D eigenvalue weighted by Gasteiger charge is 2.46. The molecule has 0 unspecified atom stereocenters. The molecule has 0 saturated heterocycles. The summed E-state index contributed by atoms with van der Waals surface area (Å²) in [4.78, 5) is 19.7. The van der Waals surface area contributed by atoms with Gasteiger partial charge in [-0.1, -0.05) is 337 Å². The van der Waals surface area contributed by atoms with E-state index in [2.05, 4.69) is 145 Å². The number of benzene rings is 13. The molecule has 0 N–H and O–H groups in total. The fraction of sp³-hybridized carbons (Fsp3) is 0.165. The van der Waals surface area contributed by atoms with E-state index in [9.17, 15) is 16.4 Å². The van der Waals surface area contributed by atoms with Gasteiger partial charge in [0, 0.05) is 56.1 Å². The Labute approximate surface area is 637 Å². The second-order valence-electron chi connectivity index (χ2n) is 30.6. The quantitative estimate of drug-likeness (QED) is 0.121. The number of fused-ring (bicyclic) bond motifs is 4. The van der Waals surface area contributed by atoms with Crippen molar-refractivity contribution < 1.29 is 27.4 Å². The predicted octanol–water partition coefficient (Wildman–Crippen LogP) is 24.1. The molecular formula is C97H86BN5. The van der Waals surface area contributed by atoms with E-state index in [0.29, 0.717) is 78.3 Å². The summed E-state index contributed by atoms with van der Waals surface area (Å²) in [5, 5.41) is 0. The standard InChI is InChI=1S/C97H86BN5/c1-94(2,3)74-52-72(53-75(58-74)95(4,5)6)73-56-86-88-87(57-73)103(90-80(67-42-28-17-29-43-67)61-77(97(10,11)12)62-81(90)93-100-91(68-44-30-18-31-45-68)99-92(101-93)69-46-32-19-33-47-69)85-55-71(64-36-22-14-23-37-64)49-51-83(85)98(88)82-50-48-70(63-34-20-13-21-35-63)54-84(82)102(86)89-78(65-38-24-15-25-39-65)59-76(96(7,8)9)60-79(89)66-40-26-16-27-41-66/h13-62H,1-12H3/i13D,14D,18D,19D,20D,21D,22D,23D,30D,31D,32D,33D,34D,35D,36D,37D,44D,45D,46D,47D. The molecule has 2 aliphatic rings. The zero-order valence-corrected chi connectivity index (χ0v) is 59.6. The second-order valence-corrected chi connectivity index (χ2v) is 30.6. The molecule has 0 saturated carbocycles. The molecule has 16 rings (SSSR count). The van der Waals surface area contributed by atoms with Crippen LogP contribution >= 0.6 is 0 Å². The summed E-state index contributed by atoms with van der Waals surface area (Å²) in [6.07, 6.45) is 0. The maximum atomic E-state index is 9.77. The molecule has 0 spiro atoms. The maximum absolute atomic E-state index is 9.77. The van der Waals surface area contributed by atoms with Crippen molar-refractivity contribution in [3.8, 4) is 101 Å². The van der Waals surface area contributed by atoms with Gasteiger partial charge in [0.2, 0.25) is 0 Å². The van der Waals surface area contributed by atoms with Gasteiger partial charge in [0.25, 0.3) is 6.71 Å². The molecule has 0 radical (unpaired) electrons. The molecule has 13 aromatic carbocycles. The van der Waals surface area contributed by atoms with Crippen LogP contribution in [0.4, 0.5) is 34.1 Å². The van der Waals surface area contributed by atoms with E-state index in [0.717, 1.165) is 44.5 Å². The fourth-order valence-corrected chi connectivity index (χ4v) is 14.1. The van der Waals surface area contributed by atoms with Gasteiger partial charge in [0.05, 0.1) is 38.8 Å². The van der Waals surface area contributed by atoms with Crippen LogP contribution in [-0.2, 0) is 21.7 Å². The summed E-state index contributed by atoms with van der Waals surface area (Å²) in [7, 11) is 0. The Kier molecular flexibility index (Phi) is 11.8. The first-order chi connectivity index (χ1) is 57.9. The molecule has 502 valence electrons. The van der Waals surface area contributed by atoms with E-state index in [-0.39, 0.29) is 28.1 Å². The first-order valence-electron chi connectivity index (χ1n) is 44.7.